The van der Waals surface area contributed by atoms with Crippen LogP contribution in [0.1, 0.15) is 0 Å². The lowest BCUT2D eigenvalue weighted by molar-refractivity contribution is -0.200. The van der Waals surface area contributed by atoms with Crippen molar-refractivity contribution in [1.82, 2.24) is 10.2 Å². The Hall–Kier alpha value is -1.35. The minimum Gasteiger partial charge on any atom is -0.481 e. The van der Waals surface area contributed by atoms with Gasteiger partial charge in [-0.2, -0.15) is 13.2 Å². The summed E-state index contributed by atoms with van der Waals surface area (Å²) in [6.07, 6.45) is -4.85. The number of nitrogens with one attached hydrogen (secondary N) is 1. The van der Waals surface area contributed by atoms with E-state index in [1.165, 1.54) is 11.9 Å². The van der Waals surface area contributed by atoms with Gasteiger partial charge in [0, 0.05) is 20.1 Å². The average Bonchev–Trinajstić information content (AvgIpc) is 2.33. The summed E-state index contributed by atoms with van der Waals surface area (Å²) in [6.45, 7) is -0.570. The summed E-state index contributed by atoms with van der Waals surface area (Å²) in [5.41, 5.74) is 0. The molecule has 0 saturated carbocycles. The number of rotatable bonds is 4. The van der Waals surface area contributed by atoms with Gasteiger partial charge in [-0.25, -0.2) is 0 Å². The fourth-order valence-electron chi connectivity index (χ4n) is 1.82. The quantitative estimate of drug-likeness (QED) is 0.741. The molecule has 6 nitrogen and oxygen atoms in total. The number of hydrogen-bond acceptors (Lipinski definition) is 4. The number of aliphatic carboxylic acids is 1. The summed E-state index contributed by atoms with van der Waals surface area (Å²) in [5, 5.41) is 11.0. The maximum Gasteiger partial charge on any atom is 0.403 e. The molecule has 1 heterocycles. The summed E-state index contributed by atoms with van der Waals surface area (Å²) in [4.78, 5) is 23.4. The zero-order chi connectivity index (χ0) is 14.6. The molecule has 19 heavy (non-hydrogen) atoms. The standard InChI is InChI=1S/C10H15F3N2O4/c1-14-8(16)7-5-19-3-2-15(7)4-6(9(17)18)10(11,12)13/h6-7H,2-5H2,1H3,(H,14,16)(H,17,18). The van der Waals surface area contributed by atoms with Crippen LogP contribution < -0.4 is 5.32 Å². The number of carboxylic acid groups (broad SMARTS) is 1. The number of alkyl halides is 3. The van der Waals surface area contributed by atoms with Crippen molar-refractivity contribution >= 4 is 11.9 Å². The van der Waals surface area contributed by atoms with Crippen LogP contribution in [0.2, 0.25) is 0 Å². The van der Waals surface area contributed by atoms with Crippen LogP contribution in [0.25, 0.3) is 0 Å². The van der Waals surface area contributed by atoms with Crippen LogP contribution in [0.4, 0.5) is 13.2 Å². The topological polar surface area (TPSA) is 78.9 Å². The van der Waals surface area contributed by atoms with Crippen LogP contribution in [0.15, 0.2) is 0 Å². The monoisotopic (exact) mass is 284 g/mol. The number of halogens is 3. The summed E-state index contributed by atoms with van der Waals surface area (Å²) in [6, 6.07) is -0.900. The van der Waals surface area contributed by atoms with Gasteiger partial charge in [-0.3, -0.25) is 14.5 Å². The molecule has 1 saturated heterocycles. The van der Waals surface area contributed by atoms with E-state index < -0.39 is 36.6 Å². The first-order valence-electron chi connectivity index (χ1n) is 5.60. The van der Waals surface area contributed by atoms with Gasteiger partial charge in [0.15, 0.2) is 5.92 Å². The number of carbonyl (C=O) groups is 2. The van der Waals surface area contributed by atoms with Gasteiger partial charge in [0.25, 0.3) is 0 Å². The largest absolute Gasteiger partial charge is 0.481 e. The number of hydrogen-bond donors (Lipinski definition) is 2. The van der Waals surface area contributed by atoms with Crippen molar-refractivity contribution in [2.24, 2.45) is 5.92 Å². The van der Waals surface area contributed by atoms with Crippen molar-refractivity contribution in [3.05, 3.63) is 0 Å². The van der Waals surface area contributed by atoms with Crippen molar-refractivity contribution in [2.75, 3.05) is 33.4 Å². The number of carbonyl (C=O) groups excluding carboxylic acids is 1. The summed E-state index contributed by atoms with van der Waals surface area (Å²) < 4.78 is 42.8. The Kier molecular flexibility index (Phi) is 5.12. The molecule has 1 aliphatic rings. The fourth-order valence-corrected chi connectivity index (χ4v) is 1.82. The Morgan fingerprint density at radius 1 is 1.53 bits per heavy atom. The zero-order valence-corrected chi connectivity index (χ0v) is 10.2. The number of carboxylic acids is 1. The first-order valence-corrected chi connectivity index (χ1v) is 5.60. The van der Waals surface area contributed by atoms with Crippen molar-refractivity contribution in [3.8, 4) is 0 Å². The fraction of sp³-hybridized carbons (Fsp3) is 0.800. The third-order valence-electron chi connectivity index (χ3n) is 2.90. The van der Waals surface area contributed by atoms with Crippen LogP contribution in [-0.2, 0) is 14.3 Å². The summed E-state index contributed by atoms with van der Waals surface area (Å²) in [5.74, 6) is -4.96. The molecule has 110 valence electrons. The lowest BCUT2D eigenvalue weighted by Crippen LogP contribution is -2.56. The minimum absolute atomic E-state index is 0.0517. The lowest BCUT2D eigenvalue weighted by atomic mass is 10.1. The first kappa shape index (κ1) is 15.7. The Morgan fingerprint density at radius 3 is 2.63 bits per heavy atom. The maximum absolute atomic E-state index is 12.6. The van der Waals surface area contributed by atoms with E-state index >= 15 is 0 Å². The molecular formula is C10H15F3N2O4. The maximum atomic E-state index is 12.6. The molecule has 0 radical (unpaired) electrons. The Balaban J connectivity index is 2.80. The molecule has 1 aliphatic heterocycles. The van der Waals surface area contributed by atoms with Crippen molar-refractivity contribution < 1.29 is 32.6 Å². The van der Waals surface area contributed by atoms with Crippen LogP contribution in [0.3, 0.4) is 0 Å². The second-order valence-corrected chi connectivity index (χ2v) is 4.13. The highest BCUT2D eigenvalue weighted by molar-refractivity contribution is 5.81. The van der Waals surface area contributed by atoms with E-state index in [0.29, 0.717) is 0 Å². The third kappa shape index (κ3) is 4.06. The highest BCUT2D eigenvalue weighted by atomic mass is 19.4. The Bertz CT molecular complexity index is 348. The van der Waals surface area contributed by atoms with Gasteiger partial charge >= 0.3 is 12.1 Å². The second kappa shape index (κ2) is 6.20. The van der Waals surface area contributed by atoms with E-state index in [1.54, 1.807) is 0 Å². The van der Waals surface area contributed by atoms with E-state index in [1.807, 2.05) is 0 Å². The van der Waals surface area contributed by atoms with Crippen molar-refractivity contribution in [3.63, 3.8) is 0 Å². The number of amides is 1. The molecule has 0 bridgehead atoms. The molecule has 2 atom stereocenters. The molecule has 0 aliphatic carbocycles. The highest BCUT2D eigenvalue weighted by Gasteiger charge is 2.47. The van der Waals surface area contributed by atoms with Crippen molar-refractivity contribution in [1.29, 1.82) is 0 Å². The molecule has 2 unspecified atom stereocenters. The second-order valence-electron chi connectivity index (χ2n) is 4.13. The van der Waals surface area contributed by atoms with E-state index in [9.17, 15) is 22.8 Å². The van der Waals surface area contributed by atoms with Gasteiger partial charge < -0.3 is 15.2 Å². The van der Waals surface area contributed by atoms with E-state index in [2.05, 4.69) is 5.32 Å². The van der Waals surface area contributed by atoms with E-state index in [4.69, 9.17) is 9.84 Å². The first-order chi connectivity index (χ1) is 8.77. The molecule has 0 spiro atoms. The molecule has 0 aromatic heterocycles. The smallest absolute Gasteiger partial charge is 0.403 e. The van der Waals surface area contributed by atoms with E-state index in [-0.39, 0.29) is 19.8 Å². The van der Waals surface area contributed by atoms with Gasteiger partial charge in [0.2, 0.25) is 5.91 Å². The average molecular weight is 284 g/mol. The summed E-state index contributed by atoms with van der Waals surface area (Å²) >= 11 is 0. The molecule has 1 fully saturated rings. The number of nitrogens with zero attached hydrogens (tertiary/aromatic N) is 1. The van der Waals surface area contributed by atoms with Crippen LogP contribution in [0, 0.1) is 5.92 Å². The molecule has 2 N–H and O–H groups in total. The van der Waals surface area contributed by atoms with E-state index in [0.717, 1.165) is 0 Å². The SMILES string of the molecule is CNC(=O)C1COCCN1CC(C(=O)O)C(F)(F)F. The van der Waals surface area contributed by atoms with Crippen LogP contribution in [-0.4, -0.2) is 67.5 Å². The van der Waals surface area contributed by atoms with Gasteiger partial charge in [-0.15, -0.1) is 0 Å². The Labute approximate surface area is 107 Å². The van der Waals surface area contributed by atoms with Crippen molar-refractivity contribution in [2.45, 2.75) is 12.2 Å². The predicted molar refractivity (Wildman–Crippen MR) is 57.4 cm³/mol. The molecular weight excluding hydrogens is 269 g/mol. The molecule has 1 rings (SSSR count). The lowest BCUT2D eigenvalue weighted by Gasteiger charge is -2.35. The molecule has 0 aromatic rings. The normalized spacial score (nSPS) is 22.8. The number of likely N-dealkylation sites (N-methyl/N-ethyl adjacent to an activating group) is 1. The molecule has 9 heteroatoms. The van der Waals surface area contributed by atoms with Crippen LogP contribution in [0.5, 0.6) is 0 Å². The molecule has 0 aromatic carbocycles. The minimum atomic E-state index is -4.85. The highest BCUT2D eigenvalue weighted by Crippen LogP contribution is 2.28. The predicted octanol–water partition coefficient (Wildman–Crippen LogP) is -0.304. The van der Waals surface area contributed by atoms with Gasteiger partial charge in [-0.05, 0) is 0 Å². The zero-order valence-electron chi connectivity index (χ0n) is 10.2. The summed E-state index contributed by atoms with van der Waals surface area (Å²) in [7, 11) is 1.35. The third-order valence-corrected chi connectivity index (χ3v) is 2.90. The van der Waals surface area contributed by atoms with Gasteiger partial charge in [0.1, 0.15) is 6.04 Å². The number of ether oxygens (including phenoxy) is 1. The van der Waals surface area contributed by atoms with Gasteiger partial charge in [0.05, 0.1) is 13.2 Å². The molecule has 1 amide bonds. The Morgan fingerprint density at radius 2 is 2.16 bits per heavy atom. The van der Waals surface area contributed by atoms with Gasteiger partial charge in [-0.1, -0.05) is 0 Å². The van der Waals surface area contributed by atoms with Crippen LogP contribution >= 0.6 is 0 Å². The number of morpholine rings is 1.